The Morgan fingerprint density at radius 1 is 0.900 bits per heavy atom. The van der Waals surface area contributed by atoms with E-state index in [9.17, 15) is 8.42 Å². The molecule has 0 radical (unpaired) electrons. The van der Waals surface area contributed by atoms with Gasteiger partial charge in [0.2, 0.25) is 0 Å². The van der Waals surface area contributed by atoms with Crippen LogP contribution in [0.5, 0.6) is 0 Å². The standard InChI is InChI=1S/C17H26O2S/c1-2-3-4-5-6-7-8-9-13-16-20(18,19)17-14-11-10-12-15-17/h9-15H,2-8,16H2,1H3. The molecule has 0 amide bonds. The normalized spacial score (nSPS) is 12.1. The number of rotatable bonds is 10. The van der Waals surface area contributed by atoms with Crippen molar-refractivity contribution in [2.75, 3.05) is 5.75 Å². The molecule has 20 heavy (non-hydrogen) atoms. The van der Waals surface area contributed by atoms with Gasteiger partial charge in [0.1, 0.15) is 0 Å². The minimum atomic E-state index is -3.15. The molecule has 2 nitrogen and oxygen atoms in total. The molecular weight excluding hydrogens is 268 g/mol. The maximum atomic E-state index is 12.0. The van der Waals surface area contributed by atoms with Crippen molar-refractivity contribution < 1.29 is 8.42 Å². The van der Waals surface area contributed by atoms with E-state index in [1.165, 1.54) is 32.1 Å². The first-order valence-electron chi connectivity index (χ1n) is 7.59. The van der Waals surface area contributed by atoms with E-state index < -0.39 is 9.84 Å². The molecule has 0 aliphatic carbocycles. The third-order valence-corrected chi connectivity index (χ3v) is 4.93. The molecule has 0 N–H and O–H groups in total. The molecule has 1 rings (SSSR count). The fraction of sp³-hybridized carbons (Fsp3) is 0.529. The summed E-state index contributed by atoms with van der Waals surface area (Å²) in [7, 11) is -3.15. The molecule has 3 heteroatoms. The van der Waals surface area contributed by atoms with Crippen molar-refractivity contribution in [1.82, 2.24) is 0 Å². The number of sulfone groups is 1. The third kappa shape index (κ3) is 6.90. The predicted molar refractivity (Wildman–Crippen MR) is 85.6 cm³/mol. The molecule has 112 valence electrons. The van der Waals surface area contributed by atoms with Crippen LogP contribution in [0.25, 0.3) is 0 Å². The second kappa shape index (κ2) is 9.76. The second-order valence-electron chi connectivity index (χ2n) is 5.12. The number of hydrogen-bond donors (Lipinski definition) is 0. The number of benzene rings is 1. The van der Waals surface area contributed by atoms with Gasteiger partial charge in [0.25, 0.3) is 0 Å². The van der Waals surface area contributed by atoms with Crippen LogP contribution < -0.4 is 0 Å². The molecule has 0 saturated carbocycles. The van der Waals surface area contributed by atoms with E-state index in [2.05, 4.69) is 6.92 Å². The smallest absolute Gasteiger partial charge is 0.181 e. The Kier molecular flexibility index (Phi) is 8.28. The molecule has 0 aliphatic heterocycles. The zero-order valence-electron chi connectivity index (χ0n) is 12.4. The summed E-state index contributed by atoms with van der Waals surface area (Å²) in [6.45, 7) is 2.22. The first kappa shape index (κ1) is 17.0. The zero-order valence-corrected chi connectivity index (χ0v) is 13.2. The van der Waals surface area contributed by atoms with E-state index in [0.29, 0.717) is 4.90 Å². The Balaban J connectivity index is 2.21. The van der Waals surface area contributed by atoms with Crippen molar-refractivity contribution in [2.24, 2.45) is 0 Å². The van der Waals surface area contributed by atoms with E-state index in [0.717, 1.165) is 12.8 Å². The monoisotopic (exact) mass is 294 g/mol. The lowest BCUT2D eigenvalue weighted by Crippen LogP contribution is -2.04. The Bertz CT molecular complexity index is 475. The molecule has 0 fully saturated rings. The van der Waals surface area contributed by atoms with Gasteiger partial charge in [-0.25, -0.2) is 8.42 Å². The van der Waals surface area contributed by atoms with Crippen LogP contribution in [0.2, 0.25) is 0 Å². The zero-order chi connectivity index (χ0) is 14.7. The quantitative estimate of drug-likeness (QED) is 0.460. The van der Waals surface area contributed by atoms with E-state index >= 15 is 0 Å². The van der Waals surface area contributed by atoms with Crippen LogP contribution >= 0.6 is 0 Å². The Hall–Kier alpha value is -1.09. The minimum Gasteiger partial charge on any atom is -0.223 e. The van der Waals surface area contributed by atoms with Gasteiger partial charge in [-0.15, -0.1) is 0 Å². The Morgan fingerprint density at radius 2 is 1.55 bits per heavy atom. The van der Waals surface area contributed by atoms with Gasteiger partial charge in [0, 0.05) is 0 Å². The molecule has 1 aromatic rings. The summed E-state index contributed by atoms with van der Waals surface area (Å²) in [6, 6.07) is 8.64. The van der Waals surface area contributed by atoms with Crippen molar-refractivity contribution >= 4 is 9.84 Å². The predicted octanol–water partition coefficient (Wildman–Crippen LogP) is 4.77. The highest BCUT2D eigenvalue weighted by Crippen LogP contribution is 2.11. The third-order valence-electron chi connectivity index (χ3n) is 3.31. The van der Waals surface area contributed by atoms with E-state index in [1.807, 2.05) is 12.1 Å². The van der Waals surface area contributed by atoms with Crippen molar-refractivity contribution in [2.45, 2.75) is 56.8 Å². The minimum absolute atomic E-state index is 0.104. The highest BCUT2D eigenvalue weighted by atomic mass is 32.2. The Labute approximate surface area is 123 Å². The Morgan fingerprint density at radius 3 is 2.25 bits per heavy atom. The fourth-order valence-corrected chi connectivity index (χ4v) is 3.23. The van der Waals surface area contributed by atoms with Gasteiger partial charge in [-0.2, -0.15) is 0 Å². The molecule has 0 atom stereocenters. The van der Waals surface area contributed by atoms with Crippen LogP contribution in [-0.4, -0.2) is 14.2 Å². The SMILES string of the molecule is CCCCCCCCC=CCS(=O)(=O)c1ccccc1. The van der Waals surface area contributed by atoms with Crippen molar-refractivity contribution in [1.29, 1.82) is 0 Å². The topological polar surface area (TPSA) is 34.1 Å². The van der Waals surface area contributed by atoms with Crippen molar-refractivity contribution in [3.8, 4) is 0 Å². The molecule has 0 spiro atoms. The molecule has 0 unspecified atom stereocenters. The summed E-state index contributed by atoms with van der Waals surface area (Å²) in [6.07, 6.45) is 12.4. The number of unbranched alkanes of at least 4 members (excludes halogenated alkanes) is 6. The molecule has 0 saturated heterocycles. The van der Waals surface area contributed by atoms with Gasteiger partial charge in [-0.1, -0.05) is 69.4 Å². The summed E-state index contributed by atoms with van der Waals surface area (Å²) in [5.74, 6) is 0.104. The van der Waals surface area contributed by atoms with Gasteiger partial charge < -0.3 is 0 Å². The summed E-state index contributed by atoms with van der Waals surface area (Å²) in [5, 5.41) is 0. The summed E-state index contributed by atoms with van der Waals surface area (Å²) >= 11 is 0. The van der Waals surface area contributed by atoms with Crippen LogP contribution in [0, 0.1) is 0 Å². The van der Waals surface area contributed by atoms with Crippen LogP contribution in [0.15, 0.2) is 47.4 Å². The highest BCUT2D eigenvalue weighted by molar-refractivity contribution is 7.91. The van der Waals surface area contributed by atoms with Gasteiger partial charge in [0.15, 0.2) is 9.84 Å². The average molecular weight is 294 g/mol. The lowest BCUT2D eigenvalue weighted by atomic mass is 10.1. The molecule has 1 aromatic carbocycles. The molecule has 0 bridgehead atoms. The summed E-state index contributed by atoms with van der Waals surface area (Å²) in [5.41, 5.74) is 0. The lowest BCUT2D eigenvalue weighted by Gasteiger charge is -2.00. The maximum Gasteiger partial charge on any atom is 0.181 e. The summed E-state index contributed by atoms with van der Waals surface area (Å²) in [4.78, 5) is 0.407. The largest absolute Gasteiger partial charge is 0.223 e. The van der Waals surface area contributed by atoms with E-state index in [-0.39, 0.29) is 5.75 Å². The van der Waals surface area contributed by atoms with Crippen LogP contribution in [-0.2, 0) is 9.84 Å². The lowest BCUT2D eigenvalue weighted by molar-refractivity contribution is 0.598. The van der Waals surface area contributed by atoms with Crippen LogP contribution in [0.3, 0.4) is 0 Å². The van der Waals surface area contributed by atoms with Gasteiger partial charge in [-0.3, -0.25) is 0 Å². The second-order valence-corrected chi connectivity index (χ2v) is 7.16. The fourth-order valence-electron chi connectivity index (χ4n) is 2.08. The van der Waals surface area contributed by atoms with Gasteiger partial charge in [-0.05, 0) is 25.0 Å². The first-order chi connectivity index (χ1) is 9.67. The molecule has 0 aromatic heterocycles. The molecular formula is C17H26O2S. The van der Waals surface area contributed by atoms with Crippen molar-refractivity contribution in [3.63, 3.8) is 0 Å². The van der Waals surface area contributed by atoms with Crippen LogP contribution in [0.4, 0.5) is 0 Å². The van der Waals surface area contributed by atoms with Crippen molar-refractivity contribution in [3.05, 3.63) is 42.5 Å². The summed E-state index contributed by atoms with van der Waals surface area (Å²) < 4.78 is 24.0. The van der Waals surface area contributed by atoms with Crippen LogP contribution in [0.1, 0.15) is 51.9 Å². The van der Waals surface area contributed by atoms with Gasteiger partial charge >= 0.3 is 0 Å². The number of hydrogen-bond acceptors (Lipinski definition) is 2. The number of allylic oxidation sites excluding steroid dienone is 1. The maximum absolute atomic E-state index is 12.0. The highest BCUT2D eigenvalue weighted by Gasteiger charge is 2.10. The van der Waals surface area contributed by atoms with E-state index in [1.54, 1.807) is 30.3 Å². The van der Waals surface area contributed by atoms with E-state index in [4.69, 9.17) is 0 Å². The van der Waals surface area contributed by atoms with Gasteiger partial charge in [0.05, 0.1) is 10.6 Å². The first-order valence-corrected chi connectivity index (χ1v) is 9.25. The average Bonchev–Trinajstić information content (AvgIpc) is 2.46. The molecule has 0 heterocycles. The molecule has 0 aliphatic rings.